The zero-order valence-electron chi connectivity index (χ0n) is 15.6. The van der Waals surface area contributed by atoms with Crippen LogP contribution in [0.15, 0.2) is 42.5 Å². The van der Waals surface area contributed by atoms with Crippen LogP contribution in [0.3, 0.4) is 0 Å². The highest BCUT2D eigenvalue weighted by molar-refractivity contribution is 5.95. The van der Waals surface area contributed by atoms with Crippen molar-refractivity contribution >= 4 is 5.91 Å². The minimum atomic E-state index is -0.317. The van der Waals surface area contributed by atoms with Crippen LogP contribution in [0, 0.1) is 18.2 Å². The van der Waals surface area contributed by atoms with Gasteiger partial charge in [0.25, 0.3) is 5.91 Å². The number of benzene rings is 2. The molecule has 1 aliphatic heterocycles. The normalized spacial score (nSPS) is 16.1. The van der Waals surface area contributed by atoms with Crippen molar-refractivity contribution in [3.8, 4) is 0 Å². The third-order valence-corrected chi connectivity index (χ3v) is 5.41. The molecular weight excluding hydrogens is 345 g/mol. The van der Waals surface area contributed by atoms with E-state index in [-0.39, 0.29) is 23.7 Å². The van der Waals surface area contributed by atoms with E-state index in [9.17, 15) is 14.3 Å². The second-order valence-corrected chi connectivity index (χ2v) is 7.37. The summed E-state index contributed by atoms with van der Waals surface area (Å²) in [5.74, 6) is -0.406. The van der Waals surface area contributed by atoms with Crippen molar-refractivity contribution in [3.63, 3.8) is 0 Å². The molecule has 0 radical (unpaired) electrons. The molecule has 0 saturated carbocycles. The molecule has 2 aromatic carbocycles. The van der Waals surface area contributed by atoms with E-state index < -0.39 is 0 Å². The van der Waals surface area contributed by atoms with Gasteiger partial charge in [-0.15, -0.1) is 0 Å². The lowest BCUT2D eigenvalue weighted by molar-refractivity contribution is -0.0146. The molecule has 1 amide bonds. The van der Waals surface area contributed by atoms with Crippen LogP contribution < -0.4 is 5.32 Å². The summed E-state index contributed by atoms with van der Waals surface area (Å²) in [6.45, 7) is 3.38. The number of rotatable bonds is 6. The van der Waals surface area contributed by atoms with Gasteiger partial charge in [0, 0.05) is 30.7 Å². The predicted octanol–water partition coefficient (Wildman–Crippen LogP) is 3.24. The van der Waals surface area contributed by atoms with Crippen LogP contribution in [0.1, 0.15) is 39.9 Å². The van der Waals surface area contributed by atoms with Gasteiger partial charge in [-0.2, -0.15) is 0 Å². The van der Waals surface area contributed by atoms with Crippen molar-refractivity contribution in [2.24, 2.45) is 5.41 Å². The Balaban J connectivity index is 1.72. The first-order chi connectivity index (χ1) is 13.0. The van der Waals surface area contributed by atoms with Gasteiger partial charge in [-0.1, -0.05) is 30.3 Å². The fourth-order valence-corrected chi connectivity index (χ4v) is 3.42. The number of aliphatic hydroxyl groups excluding tert-OH is 1. The van der Waals surface area contributed by atoms with Gasteiger partial charge in [-0.25, -0.2) is 4.39 Å². The second kappa shape index (κ2) is 8.63. The maximum atomic E-state index is 13.8. The van der Waals surface area contributed by atoms with Crippen LogP contribution in [-0.2, 0) is 11.2 Å². The molecule has 0 aliphatic carbocycles. The van der Waals surface area contributed by atoms with Crippen molar-refractivity contribution in [2.75, 3.05) is 26.4 Å². The Labute approximate surface area is 159 Å². The number of aryl methyl sites for hydroxylation is 1. The first-order valence-corrected chi connectivity index (χ1v) is 9.33. The summed E-state index contributed by atoms with van der Waals surface area (Å²) < 4.78 is 19.2. The van der Waals surface area contributed by atoms with Gasteiger partial charge in [0.2, 0.25) is 0 Å². The zero-order chi connectivity index (χ0) is 19.3. The maximum absolute atomic E-state index is 13.8. The Morgan fingerprint density at radius 2 is 1.96 bits per heavy atom. The first-order valence-electron chi connectivity index (χ1n) is 9.33. The third kappa shape index (κ3) is 4.73. The highest BCUT2D eigenvalue weighted by atomic mass is 19.1. The molecule has 1 aliphatic rings. The molecule has 1 heterocycles. The second-order valence-electron chi connectivity index (χ2n) is 7.37. The van der Waals surface area contributed by atoms with Gasteiger partial charge in [0.15, 0.2) is 0 Å². The summed E-state index contributed by atoms with van der Waals surface area (Å²) in [5.41, 5.74) is 2.55. The van der Waals surface area contributed by atoms with Crippen molar-refractivity contribution in [1.82, 2.24) is 5.32 Å². The van der Waals surface area contributed by atoms with Crippen LogP contribution in [0.25, 0.3) is 0 Å². The molecule has 2 N–H and O–H groups in total. The lowest BCUT2D eigenvalue weighted by Crippen LogP contribution is -2.43. The van der Waals surface area contributed by atoms with Crippen LogP contribution in [0.4, 0.5) is 4.39 Å². The van der Waals surface area contributed by atoms with Crippen LogP contribution >= 0.6 is 0 Å². The largest absolute Gasteiger partial charge is 0.396 e. The smallest absolute Gasteiger partial charge is 0.251 e. The summed E-state index contributed by atoms with van der Waals surface area (Å²) in [7, 11) is 0. The van der Waals surface area contributed by atoms with Gasteiger partial charge in [0.05, 0.1) is 6.61 Å². The summed E-state index contributed by atoms with van der Waals surface area (Å²) in [6.07, 6.45) is 1.95. The van der Waals surface area contributed by atoms with Gasteiger partial charge in [0.1, 0.15) is 5.82 Å². The van der Waals surface area contributed by atoms with Gasteiger partial charge in [-0.3, -0.25) is 4.79 Å². The molecule has 0 unspecified atom stereocenters. The third-order valence-electron chi connectivity index (χ3n) is 5.41. The highest BCUT2D eigenvalue weighted by Gasteiger charge is 2.32. The lowest BCUT2D eigenvalue weighted by Gasteiger charge is -2.35. The Kier molecular flexibility index (Phi) is 6.24. The van der Waals surface area contributed by atoms with E-state index in [1.165, 1.54) is 6.07 Å². The van der Waals surface area contributed by atoms with Crippen LogP contribution in [-0.4, -0.2) is 37.4 Å². The van der Waals surface area contributed by atoms with Crippen molar-refractivity contribution in [2.45, 2.75) is 26.2 Å². The molecule has 4 nitrogen and oxygen atoms in total. The number of amides is 1. The molecule has 1 saturated heterocycles. The number of hydrogen-bond donors (Lipinski definition) is 2. The van der Waals surface area contributed by atoms with Crippen molar-refractivity contribution in [3.05, 3.63) is 70.5 Å². The molecule has 0 bridgehead atoms. The topological polar surface area (TPSA) is 58.6 Å². The fourth-order valence-electron chi connectivity index (χ4n) is 3.42. The Morgan fingerprint density at radius 1 is 1.22 bits per heavy atom. The maximum Gasteiger partial charge on any atom is 0.251 e. The Bertz CT molecular complexity index is 800. The van der Waals surface area contributed by atoms with Crippen LogP contribution in [0.2, 0.25) is 0 Å². The van der Waals surface area contributed by atoms with E-state index in [4.69, 9.17) is 4.74 Å². The monoisotopic (exact) mass is 371 g/mol. The molecular formula is C22H26FNO3. The zero-order valence-corrected chi connectivity index (χ0v) is 15.6. The number of halogens is 1. The molecule has 1 fully saturated rings. The van der Waals surface area contributed by atoms with Crippen molar-refractivity contribution in [1.29, 1.82) is 0 Å². The molecule has 144 valence electrons. The number of nitrogens with one attached hydrogen (secondary N) is 1. The lowest BCUT2D eigenvalue weighted by atomic mass is 9.81. The minimum Gasteiger partial charge on any atom is -0.396 e. The standard InChI is InChI=1S/C22H26FNO3/c1-16-6-7-17(13-20(16)23)12-18-4-2-3-5-19(18)21(26)24-14-22(15-25)8-10-27-11-9-22/h2-7,13,25H,8-12,14-15H2,1H3,(H,24,26). The average Bonchev–Trinajstić information content (AvgIpc) is 2.70. The number of aliphatic hydroxyl groups is 1. The molecule has 3 rings (SSSR count). The summed E-state index contributed by atoms with van der Waals surface area (Å²) in [6, 6.07) is 12.5. The molecule has 0 atom stereocenters. The summed E-state index contributed by atoms with van der Waals surface area (Å²) in [4.78, 5) is 12.8. The number of ether oxygens (including phenoxy) is 1. The molecule has 2 aromatic rings. The summed E-state index contributed by atoms with van der Waals surface area (Å²) >= 11 is 0. The molecule has 27 heavy (non-hydrogen) atoms. The predicted molar refractivity (Wildman–Crippen MR) is 102 cm³/mol. The van der Waals surface area contributed by atoms with E-state index in [0.29, 0.717) is 37.3 Å². The van der Waals surface area contributed by atoms with Gasteiger partial charge in [-0.05, 0) is 55.0 Å². The minimum absolute atomic E-state index is 0.0287. The molecule has 0 spiro atoms. The SMILES string of the molecule is Cc1ccc(Cc2ccccc2C(=O)NCC2(CO)CCOCC2)cc1F. The average molecular weight is 371 g/mol. The van der Waals surface area contributed by atoms with E-state index in [0.717, 1.165) is 24.0 Å². The molecule has 5 heteroatoms. The first kappa shape index (κ1) is 19.5. The van der Waals surface area contributed by atoms with Gasteiger partial charge < -0.3 is 15.2 Å². The Hall–Kier alpha value is -2.24. The number of carbonyl (C=O) groups excluding carboxylic acids is 1. The summed E-state index contributed by atoms with van der Waals surface area (Å²) in [5, 5.41) is 12.8. The number of hydrogen-bond acceptors (Lipinski definition) is 3. The van der Waals surface area contributed by atoms with E-state index in [2.05, 4.69) is 5.32 Å². The van der Waals surface area contributed by atoms with E-state index in [1.54, 1.807) is 19.1 Å². The van der Waals surface area contributed by atoms with E-state index >= 15 is 0 Å². The molecule has 0 aromatic heterocycles. The Morgan fingerprint density at radius 3 is 2.67 bits per heavy atom. The van der Waals surface area contributed by atoms with Gasteiger partial charge >= 0.3 is 0 Å². The highest BCUT2D eigenvalue weighted by Crippen LogP contribution is 2.29. The fraction of sp³-hybridized carbons (Fsp3) is 0.409. The number of carbonyl (C=O) groups is 1. The van der Waals surface area contributed by atoms with E-state index in [1.807, 2.05) is 24.3 Å². The van der Waals surface area contributed by atoms with Crippen molar-refractivity contribution < 1.29 is 19.0 Å². The quantitative estimate of drug-likeness (QED) is 0.820. The van der Waals surface area contributed by atoms with Crippen LogP contribution in [0.5, 0.6) is 0 Å².